The number of nitrogen functional groups attached to an aromatic ring is 1. The molecule has 0 spiro atoms. The van der Waals surface area contributed by atoms with Gasteiger partial charge in [-0.25, -0.2) is 0 Å². The lowest BCUT2D eigenvalue weighted by Crippen LogP contribution is -1.82. The molecule has 0 heterocycles. The highest BCUT2D eigenvalue weighted by molar-refractivity contribution is 8.00. The average molecular weight is 174 g/mol. The molecule has 0 aliphatic carbocycles. The molecule has 0 radical (unpaired) electrons. The molecule has 3 heteroatoms. The highest BCUT2D eigenvalue weighted by Gasteiger charge is 1.90. The summed E-state index contributed by atoms with van der Waals surface area (Å²) in [6.07, 6.45) is 0. The number of rotatable bonds is 2. The Kier molecular flexibility index (Phi) is 2.90. The zero-order valence-corrected chi connectivity index (χ0v) is 6.95. The van der Waals surface area contributed by atoms with Crippen LogP contribution in [-0.4, -0.2) is 5.21 Å². The van der Waals surface area contributed by atoms with Gasteiger partial charge in [-0.15, -0.1) is 23.4 Å². The van der Waals surface area contributed by atoms with E-state index in [1.54, 1.807) is 11.8 Å². The summed E-state index contributed by atoms with van der Waals surface area (Å²) in [6.45, 7) is 0. The number of thioether (sulfide) groups is 1. The van der Waals surface area contributed by atoms with Crippen molar-refractivity contribution in [3.05, 3.63) is 24.3 Å². The van der Waals surface area contributed by atoms with E-state index in [1.807, 2.05) is 24.3 Å². The molecule has 0 aliphatic heterocycles. The van der Waals surface area contributed by atoms with Gasteiger partial charge in [0.05, 0.1) is 5.21 Å². The third-order valence-electron chi connectivity index (χ3n) is 1.08. The summed E-state index contributed by atoms with van der Waals surface area (Å²) in [4.78, 5) is 1.12. The number of nitrogens with two attached hydrogens (primary N) is 1. The number of hydrogen-bond acceptors (Lipinski definition) is 2. The number of hydrogen-bond donors (Lipinski definition) is 1. The Labute approximate surface area is 69.6 Å². The van der Waals surface area contributed by atoms with Crippen LogP contribution in [0.4, 0.5) is 5.69 Å². The molecule has 1 aromatic carbocycles. The average Bonchev–Trinajstić information content (AvgIpc) is 1.88. The van der Waals surface area contributed by atoms with Crippen LogP contribution in [0.2, 0.25) is 0 Å². The van der Waals surface area contributed by atoms with Gasteiger partial charge in [0.25, 0.3) is 0 Å². The second-order valence-electron chi connectivity index (χ2n) is 1.83. The fourth-order valence-corrected chi connectivity index (χ4v) is 1.57. The summed E-state index contributed by atoms with van der Waals surface area (Å²) in [5.41, 5.74) is 6.32. The lowest BCUT2D eigenvalue weighted by atomic mass is 10.3. The summed E-state index contributed by atoms with van der Waals surface area (Å²) < 4.78 is 0. The molecular weight excluding hydrogens is 166 g/mol. The van der Waals surface area contributed by atoms with Crippen molar-refractivity contribution in [2.24, 2.45) is 0 Å². The van der Waals surface area contributed by atoms with Crippen LogP contribution in [0.1, 0.15) is 0 Å². The predicted molar refractivity (Wildman–Crippen MR) is 47.4 cm³/mol. The molecule has 0 unspecified atom stereocenters. The van der Waals surface area contributed by atoms with Crippen LogP contribution in [0.25, 0.3) is 0 Å². The topological polar surface area (TPSA) is 26.0 Å². The van der Waals surface area contributed by atoms with Crippen LogP contribution in [-0.2, 0) is 0 Å². The Hall–Kier alpha value is -0.340. The van der Waals surface area contributed by atoms with Crippen LogP contribution >= 0.6 is 23.4 Å². The normalized spacial score (nSPS) is 9.70. The second-order valence-corrected chi connectivity index (χ2v) is 3.46. The fourth-order valence-electron chi connectivity index (χ4n) is 0.667. The highest BCUT2D eigenvalue weighted by atomic mass is 35.5. The Morgan fingerprint density at radius 2 is 2.30 bits per heavy atom. The minimum absolute atomic E-state index is 0.573. The van der Waals surface area contributed by atoms with Gasteiger partial charge in [0.2, 0.25) is 0 Å². The van der Waals surface area contributed by atoms with Gasteiger partial charge in [-0.1, -0.05) is 6.07 Å². The second kappa shape index (κ2) is 3.74. The summed E-state index contributed by atoms with van der Waals surface area (Å²) in [5, 5.41) is 0.573. The Bertz CT molecular complexity index is 215. The van der Waals surface area contributed by atoms with E-state index in [9.17, 15) is 0 Å². The van der Waals surface area contributed by atoms with Gasteiger partial charge in [-0.3, -0.25) is 0 Å². The molecule has 0 fully saturated rings. The molecule has 1 rings (SSSR count). The van der Waals surface area contributed by atoms with Crippen molar-refractivity contribution < 1.29 is 0 Å². The number of benzene rings is 1. The maximum absolute atomic E-state index is 5.53. The van der Waals surface area contributed by atoms with Crippen molar-refractivity contribution in [2.75, 3.05) is 10.9 Å². The molecule has 0 aliphatic rings. The number of alkyl halides is 1. The first-order valence-electron chi connectivity index (χ1n) is 2.87. The van der Waals surface area contributed by atoms with Gasteiger partial charge < -0.3 is 5.73 Å². The first-order valence-corrected chi connectivity index (χ1v) is 4.39. The largest absolute Gasteiger partial charge is 0.399 e. The molecule has 0 bridgehead atoms. The van der Waals surface area contributed by atoms with Crippen LogP contribution in [0.15, 0.2) is 29.2 Å². The summed E-state index contributed by atoms with van der Waals surface area (Å²) in [7, 11) is 0. The van der Waals surface area contributed by atoms with E-state index in [1.165, 1.54) is 0 Å². The van der Waals surface area contributed by atoms with E-state index >= 15 is 0 Å². The van der Waals surface area contributed by atoms with Crippen LogP contribution < -0.4 is 5.73 Å². The molecule has 54 valence electrons. The molecule has 2 N–H and O–H groups in total. The quantitative estimate of drug-likeness (QED) is 0.423. The van der Waals surface area contributed by atoms with Gasteiger partial charge in [-0.05, 0) is 18.2 Å². The van der Waals surface area contributed by atoms with Gasteiger partial charge in [0.15, 0.2) is 0 Å². The van der Waals surface area contributed by atoms with Crippen LogP contribution in [0.5, 0.6) is 0 Å². The van der Waals surface area contributed by atoms with Gasteiger partial charge in [0, 0.05) is 10.6 Å². The molecule has 0 saturated heterocycles. The molecule has 10 heavy (non-hydrogen) atoms. The zero-order chi connectivity index (χ0) is 7.40. The van der Waals surface area contributed by atoms with Gasteiger partial charge >= 0.3 is 0 Å². The third-order valence-corrected chi connectivity index (χ3v) is 2.10. The van der Waals surface area contributed by atoms with Crippen molar-refractivity contribution in [3.63, 3.8) is 0 Å². The predicted octanol–water partition coefficient (Wildman–Crippen LogP) is 2.56. The van der Waals surface area contributed by atoms with Crippen molar-refractivity contribution in [3.8, 4) is 0 Å². The molecular formula is C7H8ClNS. The third kappa shape index (κ3) is 2.12. The summed E-state index contributed by atoms with van der Waals surface area (Å²) >= 11 is 7.09. The highest BCUT2D eigenvalue weighted by Crippen LogP contribution is 2.20. The van der Waals surface area contributed by atoms with Crippen molar-refractivity contribution in [1.29, 1.82) is 0 Å². The van der Waals surface area contributed by atoms with Gasteiger partial charge in [0.1, 0.15) is 0 Å². The SMILES string of the molecule is Nc1cccc(SCCl)c1. The van der Waals surface area contributed by atoms with E-state index in [0.29, 0.717) is 5.21 Å². The van der Waals surface area contributed by atoms with E-state index in [0.717, 1.165) is 10.6 Å². The van der Waals surface area contributed by atoms with E-state index in [-0.39, 0.29) is 0 Å². The smallest absolute Gasteiger partial charge is 0.0727 e. The lowest BCUT2D eigenvalue weighted by molar-refractivity contribution is 1.47. The Balaban J connectivity index is 2.75. The van der Waals surface area contributed by atoms with Crippen molar-refractivity contribution in [1.82, 2.24) is 0 Å². The minimum atomic E-state index is 0.573. The minimum Gasteiger partial charge on any atom is -0.399 e. The molecule has 0 saturated carbocycles. The molecule has 0 aromatic heterocycles. The molecule has 1 aromatic rings. The maximum atomic E-state index is 5.53. The summed E-state index contributed by atoms with van der Waals surface area (Å²) in [6, 6.07) is 7.68. The maximum Gasteiger partial charge on any atom is 0.0727 e. The number of anilines is 1. The molecule has 0 amide bonds. The molecule has 1 nitrogen and oxygen atoms in total. The first-order chi connectivity index (χ1) is 4.83. The summed E-state index contributed by atoms with van der Waals surface area (Å²) in [5.74, 6) is 0. The number of halogens is 1. The van der Waals surface area contributed by atoms with Crippen molar-refractivity contribution >= 4 is 29.1 Å². The Morgan fingerprint density at radius 3 is 2.90 bits per heavy atom. The first kappa shape index (κ1) is 7.76. The van der Waals surface area contributed by atoms with Gasteiger partial charge in [-0.2, -0.15) is 0 Å². The van der Waals surface area contributed by atoms with Crippen molar-refractivity contribution in [2.45, 2.75) is 4.90 Å². The Morgan fingerprint density at radius 1 is 1.50 bits per heavy atom. The molecule has 0 atom stereocenters. The monoisotopic (exact) mass is 173 g/mol. The van der Waals surface area contributed by atoms with E-state index < -0.39 is 0 Å². The standard InChI is InChI=1S/C7H8ClNS/c8-5-10-7-3-1-2-6(9)4-7/h1-4H,5,9H2. The zero-order valence-electron chi connectivity index (χ0n) is 5.38. The van der Waals surface area contributed by atoms with E-state index in [4.69, 9.17) is 17.3 Å². The van der Waals surface area contributed by atoms with Crippen LogP contribution in [0, 0.1) is 0 Å². The lowest BCUT2D eigenvalue weighted by Gasteiger charge is -1.96. The fraction of sp³-hybridized carbons (Fsp3) is 0.143. The van der Waals surface area contributed by atoms with E-state index in [2.05, 4.69) is 0 Å². The van der Waals surface area contributed by atoms with Crippen LogP contribution in [0.3, 0.4) is 0 Å².